The van der Waals surface area contributed by atoms with Crippen LogP contribution < -0.4 is 15.4 Å². The summed E-state index contributed by atoms with van der Waals surface area (Å²) in [5.74, 6) is -1.73. The number of para-hydroxylation sites is 3. The summed E-state index contributed by atoms with van der Waals surface area (Å²) in [6.45, 7) is 3.80. The van der Waals surface area contributed by atoms with E-state index in [2.05, 4.69) is 10.6 Å². The maximum absolute atomic E-state index is 12.7. The van der Waals surface area contributed by atoms with Crippen LogP contribution in [0.4, 0.5) is 11.4 Å². The Bertz CT molecular complexity index is 913. The van der Waals surface area contributed by atoms with Gasteiger partial charge in [0.15, 0.2) is 9.84 Å². The van der Waals surface area contributed by atoms with Crippen LogP contribution in [-0.4, -0.2) is 37.8 Å². The van der Waals surface area contributed by atoms with E-state index in [1.807, 2.05) is 0 Å². The van der Waals surface area contributed by atoms with E-state index in [1.54, 1.807) is 68.4 Å². The zero-order valence-corrected chi connectivity index (χ0v) is 16.7. The minimum atomic E-state index is -4.00. The van der Waals surface area contributed by atoms with E-state index in [4.69, 9.17) is 4.74 Å². The van der Waals surface area contributed by atoms with Gasteiger partial charge in [-0.2, -0.15) is 0 Å². The fourth-order valence-corrected chi connectivity index (χ4v) is 4.20. The molecule has 2 amide bonds. The van der Waals surface area contributed by atoms with Crippen molar-refractivity contribution in [1.29, 1.82) is 0 Å². The van der Waals surface area contributed by atoms with Crippen molar-refractivity contribution in [2.45, 2.75) is 25.5 Å². The van der Waals surface area contributed by atoms with Gasteiger partial charge in [-0.25, -0.2) is 8.42 Å². The first kappa shape index (κ1) is 21.4. The molecule has 1 unspecified atom stereocenters. The molecule has 150 valence electrons. The Morgan fingerprint density at radius 3 is 2.25 bits per heavy atom. The minimum Gasteiger partial charge on any atom is -0.492 e. The third kappa shape index (κ3) is 5.82. The van der Waals surface area contributed by atoms with Crippen molar-refractivity contribution in [3.63, 3.8) is 0 Å². The molecule has 2 N–H and O–H groups in total. The maximum atomic E-state index is 12.7. The van der Waals surface area contributed by atoms with Crippen LogP contribution in [0.25, 0.3) is 0 Å². The van der Waals surface area contributed by atoms with E-state index in [0.717, 1.165) is 0 Å². The molecule has 0 radical (unpaired) electrons. The molecule has 2 aromatic carbocycles. The smallest absolute Gasteiger partial charge is 0.242 e. The molecule has 0 saturated heterocycles. The van der Waals surface area contributed by atoms with Gasteiger partial charge >= 0.3 is 0 Å². The first-order chi connectivity index (χ1) is 13.4. The molecule has 0 spiro atoms. The molecule has 2 rings (SSSR count). The molecule has 28 heavy (non-hydrogen) atoms. The Morgan fingerprint density at radius 1 is 0.964 bits per heavy atom. The lowest BCUT2D eigenvalue weighted by Gasteiger charge is -2.16. The number of carbonyl (C=O) groups excluding carboxylic acids is 2. The van der Waals surface area contributed by atoms with Gasteiger partial charge in [0.05, 0.1) is 12.3 Å². The van der Waals surface area contributed by atoms with Crippen LogP contribution in [0, 0.1) is 0 Å². The summed E-state index contributed by atoms with van der Waals surface area (Å²) in [5, 5.41) is 3.80. The van der Waals surface area contributed by atoms with Crippen molar-refractivity contribution in [2.75, 3.05) is 23.0 Å². The minimum absolute atomic E-state index is 0.0593. The first-order valence-corrected chi connectivity index (χ1v) is 10.7. The molecular formula is C20H24N2O5S. The van der Waals surface area contributed by atoms with Crippen LogP contribution in [-0.2, 0) is 19.4 Å². The second-order valence-electron chi connectivity index (χ2n) is 6.04. The Kier molecular flexibility index (Phi) is 7.57. The van der Waals surface area contributed by atoms with Crippen LogP contribution in [0.15, 0.2) is 54.6 Å². The quantitative estimate of drug-likeness (QED) is 0.669. The highest BCUT2D eigenvalue weighted by Gasteiger charge is 2.33. The molecule has 0 aliphatic carbocycles. The van der Waals surface area contributed by atoms with E-state index in [-0.39, 0.29) is 6.42 Å². The van der Waals surface area contributed by atoms with Crippen LogP contribution in [0.2, 0.25) is 0 Å². The van der Waals surface area contributed by atoms with Gasteiger partial charge in [0, 0.05) is 5.69 Å². The lowest BCUT2D eigenvalue weighted by atomic mass is 10.3. The largest absolute Gasteiger partial charge is 0.492 e. The average molecular weight is 404 g/mol. The third-order valence-corrected chi connectivity index (χ3v) is 6.01. The second kappa shape index (κ2) is 9.89. The Labute approximate surface area is 165 Å². The molecule has 0 aromatic heterocycles. The van der Waals surface area contributed by atoms with Crippen molar-refractivity contribution in [1.82, 2.24) is 0 Å². The van der Waals surface area contributed by atoms with Crippen LogP contribution in [0.1, 0.15) is 20.3 Å². The number of hydrogen-bond acceptors (Lipinski definition) is 5. The molecule has 0 fully saturated rings. The topological polar surface area (TPSA) is 102 Å². The van der Waals surface area contributed by atoms with Crippen LogP contribution >= 0.6 is 0 Å². The normalized spacial score (nSPS) is 12.1. The molecule has 1 atom stereocenters. The summed E-state index contributed by atoms with van der Waals surface area (Å²) in [6.07, 6.45) is 0.0593. The summed E-state index contributed by atoms with van der Waals surface area (Å²) in [7, 11) is -4.00. The van der Waals surface area contributed by atoms with Crippen molar-refractivity contribution < 1.29 is 22.7 Å². The summed E-state index contributed by atoms with van der Waals surface area (Å²) in [4.78, 5) is 24.7. The lowest BCUT2D eigenvalue weighted by Crippen LogP contribution is -2.39. The number of anilines is 2. The number of carbonyl (C=O) groups is 2. The Hall–Kier alpha value is -2.87. The second-order valence-corrected chi connectivity index (χ2v) is 8.22. The van der Waals surface area contributed by atoms with E-state index in [0.29, 0.717) is 23.7 Å². The molecule has 7 nitrogen and oxygen atoms in total. The molecule has 2 aromatic rings. The van der Waals surface area contributed by atoms with Crippen molar-refractivity contribution in [2.24, 2.45) is 0 Å². The van der Waals surface area contributed by atoms with Crippen molar-refractivity contribution in [3.8, 4) is 5.75 Å². The zero-order valence-electron chi connectivity index (χ0n) is 15.8. The van der Waals surface area contributed by atoms with Crippen LogP contribution in [0.5, 0.6) is 5.75 Å². The fourth-order valence-electron chi connectivity index (χ4n) is 2.67. The van der Waals surface area contributed by atoms with Gasteiger partial charge in [-0.3, -0.25) is 9.59 Å². The molecule has 0 heterocycles. The Morgan fingerprint density at radius 2 is 1.61 bits per heavy atom. The lowest BCUT2D eigenvalue weighted by molar-refractivity contribution is -0.115. The predicted octanol–water partition coefficient (Wildman–Crippen LogP) is 2.86. The monoisotopic (exact) mass is 404 g/mol. The van der Waals surface area contributed by atoms with E-state index >= 15 is 0 Å². The summed E-state index contributed by atoms with van der Waals surface area (Å²) >= 11 is 0. The number of ether oxygens (including phenoxy) is 1. The SMILES string of the molecule is CCOc1ccccc1NC(=O)CS(=O)(=O)C(CC)C(=O)Nc1ccccc1. The number of nitrogens with one attached hydrogen (secondary N) is 2. The van der Waals surface area contributed by atoms with Crippen LogP contribution in [0.3, 0.4) is 0 Å². The number of amides is 2. The van der Waals surface area contributed by atoms with Crippen molar-refractivity contribution >= 4 is 33.0 Å². The highest BCUT2D eigenvalue weighted by molar-refractivity contribution is 7.93. The van der Waals surface area contributed by atoms with E-state index in [1.165, 1.54) is 0 Å². The predicted molar refractivity (Wildman–Crippen MR) is 109 cm³/mol. The van der Waals surface area contributed by atoms with Gasteiger partial charge in [0.1, 0.15) is 16.8 Å². The highest BCUT2D eigenvalue weighted by atomic mass is 32.2. The molecular weight excluding hydrogens is 380 g/mol. The zero-order chi connectivity index (χ0) is 20.6. The number of sulfone groups is 1. The number of rotatable bonds is 9. The Balaban J connectivity index is 2.08. The average Bonchev–Trinajstić information content (AvgIpc) is 2.64. The van der Waals surface area contributed by atoms with Gasteiger partial charge in [-0.05, 0) is 37.6 Å². The van der Waals surface area contributed by atoms with Crippen molar-refractivity contribution in [3.05, 3.63) is 54.6 Å². The van der Waals surface area contributed by atoms with Gasteiger partial charge in [-0.1, -0.05) is 37.3 Å². The van der Waals surface area contributed by atoms with E-state index < -0.39 is 32.7 Å². The maximum Gasteiger partial charge on any atom is 0.242 e. The summed E-state index contributed by atoms with van der Waals surface area (Å²) in [5.41, 5.74) is 0.877. The number of benzene rings is 2. The molecule has 0 bridgehead atoms. The van der Waals surface area contributed by atoms with Gasteiger partial charge in [0.25, 0.3) is 0 Å². The van der Waals surface area contributed by atoms with Gasteiger partial charge in [-0.15, -0.1) is 0 Å². The van der Waals surface area contributed by atoms with Gasteiger partial charge in [0.2, 0.25) is 11.8 Å². The molecule has 0 saturated carbocycles. The fraction of sp³-hybridized carbons (Fsp3) is 0.300. The molecule has 0 aliphatic heterocycles. The summed E-state index contributed by atoms with van der Waals surface area (Å²) in [6, 6.07) is 15.3. The van der Waals surface area contributed by atoms with Gasteiger partial charge < -0.3 is 15.4 Å². The highest BCUT2D eigenvalue weighted by Crippen LogP contribution is 2.24. The summed E-state index contributed by atoms with van der Waals surface area (Å²) < 4.78 is 30.7. The third-order valence-electron chi connectivity index (χ3n) is 3.93. The first-order valence-electron chi connectivity index (χ1n) is 8.96. The molecule has 8 heteroatoms. The van der Waals surface area contributed by atoms with E-state index in [9.17, 15) is 18.0 Å². The number of hydrogen-bond donors (Lipinski definition) is 2. The standard InChI is InChI=1S/C20H24N2O5S/c1-3-18(20(24)21-15-10-6-5-7-11-15)28(25,26)14-19(23)22-16-12-8-9-13-17(16)27-4-2/h5-13,18H,3-4,14H2,1-2H3,(H,21,24)(H,22,23). The molecule has 0 aliphatic rings.